The summed E-state index contributed by atoms with van der Waals surface area (Å²) in [6.45, 7) is 4.41. The molecule has 0 aromatic heterocycles. The maximum Gasteiger partial charge on any atom is 0.305 e. The summed E-state index contributed by atoms with van der Waals surface area (Å²) in [6.07, 6.45) is 10.2. The summed E-state index contributed by atoms with van der Waals surface area (Å²) in [5.74, 6) is -0.0769. The Kier molecular flexibility index (Phi) is 9.67. The first-order valence-electron chi connectivity index (χ1n) is 8.28. The fourth-order valence-electron chi connectivity index (χ4n) is 3.05. The molecule has 118 valence electrons. The van der Waals surface area contributed by atoms with Crippen molar-refractivity contribution in [3.63, 3.8) is 0 Å². The zero-order valence-electron chi connectivity index (χ0n) is 13.0. The van der Waals surface area contributed by atoms with Crippen LogP contribution < -0.4 is 0 Å². The number of rotatable bonds is 10. The van der Waals surface area contributed by atoms with Gasteiger partial charge in [0.2, 0.25) is 0 Å². The standard InChI is InChI=1S/C16H31NO3/c1-2-20-16(19)11-7-4-8-12-17(13-14-18)15-9-5-3-6-10-15/h15,18H,2-14H2,1H3. The molecular formula is C16H31NO3. The maximum atomic E-state index is 11.2. The Hall–Kier alpha value is -0.610. The Bertz CT molecular complexity index is 252. The summed E-state index contributed by atoms with van der Waals surface area (Å²) in [6, 6.07) is 0.668. The van der Waals surface area contributed by atoms with E-state index in [4.69, 9.17) is 4.74 Å². The Labute approximate surface area is 123 Å². The van der Waals surface area contributed by atoms with Crippen LogP contribution in [-0.4, -0.2) is 48.3 Å². The van der Waals surface area contributed by atoms with Crippen LogP contribution in [0.25, 0.3) is 0 Å². The molecule has 20 heavy (non-hydrogen) atoms. The van der Waals surface area contributed by atoms with Gasteiger partial charge in [0.25, 0.3) is 0 Å². The number of unbranched alkanes of at least 4 members (excludes halogenated alkanes) is 2. The third kappa shape index (κ3) is 7.25. The van der Waals surface area contributed by atoms with E-state index >= 15 is 0 Å². The second kappa shape index (κ2) is 11.1. The van der Waals surface area contributed by atoms with E-state index in [1.807, 2.05) is 6.92 Å². The highest BCUT2D eigenvalue weighted by Crippen LogP contribution is 2.22. The normalized spacial score (nSPS) is 16.6. The minimum absolute atomic E-state index is 0.0769. The summed E-state index contributed by atoms with van der Waals surface area (Å²) < 4.78 is 4.92. The molecule has 0 amide bonds. The molecule has 0 aromatic rings. The van der Waals surface area contributed by atoms with E-state index in [9.17, 15) is 9.90 Å². The van der Waals surface area contributed by atoms with E-state index in [1.54, 1.807) is 0 Å². The zero-order valence-corrected chi connectivity index (χ0v) is 13.0. The van der Waals surface area contributed by atoms with Crippen molar-refractivity contribution in [2.45, 2.75) is 70.8 Å². The van der Waals surface area contributed by atoms with Crippen LogP contribution in [0.3, 0.4) is 0 Å². The topological polar surface area (TPSA) is 49.8 Å². The van der Waals surface area contributed by atoms with Crippen molar-refractivity contribution in [2.24, 2.45) is 0 Å². The minimum Gasteiger partial charge on any atom is -0.466 e. The first kappa shape index (κ1) is 17.4. The fourth-order valence-corrected chi connectivity index (χ4v) is 3.05. The molecular weight excluding hydrogens is 254 g/mol. The van der Waals surface area contributed by atoms with Gasteiger partial charge in [-0.2, -0.15) is 0 Å². The Morgan fingerprint density at radius 1 is 1.15 bits per heavy atom. The first-order valence-corrected chi connectivity index (χ1v) is 8.28. The lowest BCUT2D eigenvalue weighted by atomic mass is 9.94. The van der Waals surface area contributed by atoms with Crippen molar-refractivity contribution in [3.8, 4) is 0 Å². The molecule has 4 nitrogen and oxygen atoms in total. The highest BCUT2D eigenvalue weighted by molar-refractivity contribution is 5.69. The molecule has 1 aliphatic carbocycles. The summed E-state index contributed by atoms with van der Waals surface area (Å²) in [5.41, 5.74) is 0. The van der Waals surface area contributed by atoms with Crippen LogP contribution >= 0.6 is 0 Å². The molecule has 0 heterocycles. The molecule has 1 aliphatic rings. The summed E-state index contributed by atoms with van der Waals surface area (Å²) in [5, 5.41) is 9.20. The van der Waals surface area contributed by atoms with Crippen LogP contribution in [0, 0.1) is 0 Å². The van der Waals surface area contributed by atoms with Crippen LogP contribution in [-0.2, 0) is 9.53 Å². The molecule has 0 saturated heterocycles. The van der Waals surface area contributed by atoms with Gasteiger partial charge in [0.15, 0.2) is 0 Å². The van der Waals surface area contributed by atoms with Crippen molar-refractivity contribution in [1.82, 2.24) is 4.90 Å². The van der Waals surface area contributed by atoms with Gasteiger partial charge in [-0.1, -0.05) is 25.7 Å². The molecule has 0 radical (unpaired) electrons. The molecule has 0 spiro atoms. The number of aliphatic hydroxyl groups excluding tert-OH is 1. The largest absolute Gasteiger partial charge is 0.466 e. The van der Waals surface area contributed by atoms with Crippen LogP contribution in [0.4, 0.5) is 0 Å². The predicted molar refractivity (Wildman–Crippen MR) is 80.6 cm³/mol. The van der Waals surface area contributed by atoms with E-state index in [0.717, 1.165) is 32.4 Å². The second-order valence-corrected chi connectivity index (χ2v) is 5.67. The summed E-state index contributed by atoms with van der Waals surface area (Å²) in [4.78, 5) is 13.7. The molecule has 0 aromatic carbocycles. The van der Waals surface area contributed by atoms with Gasteiger partial charge in [-0.25, -0.2) is 0 Å². The number of nitrogens with zero attached hydrogens (tertiary/aromatic N) is 1. The molecule has 0 unspecified atom stereocenters. The van der Waals surface area contributed by atoms with Gasteiger partial charge in [0, 0.05) is 19.0 Å². The molecule has 0 atom stereocenters. The second-order valence-electron chi connectivity index (χ2n) is 5.67. The van der Waals surface area contributed by atoms with Gasteiger partial charge in [-0.3, -0.25) is 9.69 Å². The molecule has 1 fully saturated rings. The maximum absolute atomic E-state index is 11.2. The third-order valence-electron chi connectivity index (χ3n) is 4.11. The lowest BCUT2D eigenvalue weighted by molar-refractivity contribution is -0.143. The molecule has 1 N–H and O–H groups in total. The third-order valence-corrected chi connectivity index (χ3v) is 4.11. The number of aliphatic hydroxyl groups is 1. The Morgan fingerprint density at radius 2 is 1.90 bits per heavy atom. The van der Waals surface area contributed by atoms with Gasteiger partial charge in [0.05, 0.1) is 13.2 Å². The van der Waals surface area contributed by atoms with Crippen molar-refractivity contribution in [3.05, 3.63) is 0 Å². The number of ether oxygens (including phenoxy) is 1. The van der Waals surface area contributed by atoms with E-state index in [0.29, 0.717) is 19.1 Å². The van der Waals surface area contributed by atoms with Gasteiger partial charge in [-0.15, -0.1) is 0 Å². The fraction of sp³-hybridized carbons (Fsp3) is 0.938. The number of carbonyl (C=O) groups is 1. The molecule has 4 heteroatoms. The molecule has 1 saturated carbocycles. The molecule has 0 bridgehead atoms. The summed E-state index contributed by atoms with van der Waals surface area (Å²) in [7, 11) is 0. The van der Waals surface area contributed by atoms with Crippen molar-refractivity contribution >= 4 is 5.97 Å². The van der Waals surface area contributed by atoms with Crippen molar-refractivity contribution in [1.29, 1.82) is 0 Å². The Morgan fingerprint density at radius 3 is 2.55 bits per heavy atom. The van der Waals surface area contributed by atoms with Crippen molar-refractivity contribution in [2.75, 3.05) is 26.3 Å². The van der Waals surface area contributed by atoms with E-state index in [1.165, 1.54) is 32.1 Å². The highest BCUT2D eigenvalue weighted by atomic mass is 16.5. The zero-order chi connectivity index (χ0) is 14.6. The van der Waals surface area contributed by atoms with Crippen LogP contribution in [0.5, 0.6) is 0 Å². The van der Waals surface area contributed by atoms with Crippen LogP contribution in [0.15, 0.2) is 0 Å². The average molecular weight is 285 g/mol. The monoisotopic (exact) mass is 285 g/mol. The predicted octanol–water partition coefficient (Wildman–Crippen LogP) is 2.74. The van der Waals surface area contributed by atoms with E-state index < -0.39 is 0 Å². The molecule has 1 rings (SSSR count). The number of hydrogen-bond donors (Lipinski definition) is 1. The lowest BCUT2D eigenvalue weighted by Gasteiger charge is -2.34. The lowest BCUT2D eigenvalue weighted by Crippen LogP contribution is -2.39. The van der Waals surface area contributed by atoms with Gasteiger partial charge in [0.1, 0.15) is 0 Å². The van der Waals surface area contributed by atoms with Gasteiger partial charge >= 0.3 is 5.97 Å². The minimum atomic E-state index is -0.0769. The summed E-state index contributed by atoms with van der Waals surface area (Å²) >= 11 is 0. The SMILES string of the molecule is CCOC(=O)CCCCCN(CCO)C1CCCCC1. The van der Waals surface area contributed by atoms with E-state index in [2.05, 4.69) is 4.90 Å². The van der Waals surface area contributed by atoms with Crippen molar-refractivity contribution < 1.29 is 14.6 Å². The van der Waals surface area contributed by atoms with Gasteiger partial charge in [-0.05, 0) is 39.2 Å². The average Bonchev–Trinajstić information content (AvgIpc) is 2.47. The van der Waals surface area contributed by atoms with E-state index in [-0.39, 0.29) is 12.6 Å². The Balaban J connectivity index is 2.13. The number of hydrogen-bond acceptors (Lipinski definition) is 4. The van der Waals surface area contributed by atoms with Crippen LogP contribution in [0.2, 0.25) is 0 Å². The number of carbonyl (C=O) groups excluding carboxylic acids is 1. The number of esters is 1. The first-order chi connectivity index (χ1) is 9.77. The smallest absolute Gasteiger partial charge is 0.305 e. The highest BCUT2D eigenvalue weighted by Gasteiger charge is 2.20. The quantitative estimate of drug-likeness (QED) is 0.495. The van der Waals surface area contributed by atoms with Gasteiger partial charge < -0.3 is 9.84 Å². The molecule has 0 aliphatic heterocycles. The van der Waals surface area contributed by atoms with Crippen LogP contribution in [0.1, 0.15) is 64.7 Å².